The van der Waals surface area contributed by atoms with Gasteiger partial charge in [-0.1, -0.05) is 23.7 Å². The lowest BCUT2D eigenvalue weighted by molar-refractivity contribution is 0.0766. The lowest BCUT2D eigenvalue weighted by atomic mass is 10.2. The number of halogens is 1. The number of nitrogens with zero attached hydrogens (tertiary/aromatic N) is 3. The number of carbonyl (C=O) groups excluding carboxylic acids is 1. The van der Waals surface area contributed by atoms with Crippen LogP contribution in [0.2, 0.25) is 5.02 Å². The second kappa shape index (κ2) is 6.58. The fourth-order valence-electron chi connectivity index (χ4n) is 1.85. The third kappa shape index (κ3) is 3.72. The molecule has 0 atom stereocenters. The van der Waals surface area contributed by atoms with E-state index >= 15 is 0 Å². The molecule has 0 saturated carbocycles. The van der Waals surface area contributed by atoms with Crippen molar-refractivity contribution in [2.24, 2.45) is 0 Å². The van der Waals surface area contributed by atoms with Gasteiger partial charge >= 0.3 is 0 Å². The molecule has 0 bridgehead atoms. The largest absolute Gasteiger partial charge is 0.507 e. The Balaban J connectivity index is 2.08. The minimum atomic E-state index is -0.348. The number of carbonyl (C=O) groups is 1. The Morgan fingerprint density at radius 1 is 1.48 bits per heavy atom. The highest BCUT2D eigenvalue weighted by Gasteiger charge is 2.18. The molecule has 0 spiro atoms. The van der Waals surface area contributed by atoms with E-state index < -0.39 is 0 Å². The molecule has 0 fully saturated rings. The second-order valence-electron chi connectivity index (χ2n) is 4.68. The summed E-state index contributed by atoms with van der Waals surface area (Å²) in [6.07, 6.45) is 1.66. The highest BCUT2D eigenvalue weighted by molar-refractivity contribution is 6.30. The van der Waals surface area contributed by atoms with E-state index in [9.17, 15) is 9.90 Å². The van der Waals surface area contributed by atoms with E-state index in [1.54, 1.807) is 13.1 Å². The highest BCUT2D eigenvalue weighted by atomic mass is 35.5. The fourth-order valence-corrected chi connectivity index (χ4v) is 2.01. The zero-order chi connectivity index (χ0) is 15.4. The second-order valence-corrected chi connectivity index (χ2v) is 5.11. The molecule has 0 aliphatic heterocycles. The van der Waals surface area contributed by atoms with Gasteiger partial charge in [-0.2, -0.15) is 4.98 Å². The minimum absolute atomic E-state index is 0.156. The normalized spacial score (nSPS) is 10.6. The fraction of sp³-hybridized carbons (Fsp3) is 0.357. The molecule has 7 heteroatoms. The maximum Gasteiger partial charge on any atom is 0.257 e. The molecule has 1 N–H and O–H groups in total. The Morgan fingerprint density at radius 3 is 2.90 bits per heavy atom. The van der Waals surface area contributed by atoms with Gasteiger partial charge in [-0.15, -0.1) is 0 Å². The number of phenols is 1. The SMILES string of the molecule is CCCc1noc(CN(C)C(=O)c2ccc(Cl)cc2O)n1. The first-order chi connectivity index (χ1) is 10.0. The van der Waals surface area contributed by atoms with E-state index in [2.05, 4.69) is 10.1 Å². The molecule has 2 rings (SSSR count). The lowest BCUT2D eigenvalue weighted by Crippen LogP contribution is -2.26. The van der Waals surface area contributed by atoms with Crippen LogP contribution < -0.4 is 0 Å². The van der Waals surface area contributed by atoms with Crippen LogP contribution in [0.1, 0.15) is 35.4 Å². The molecular formula is C14H16ClN3O3. The van der Waals surface area contributed by atoms with Crippen LogP contribution in [0.5, 0.6) is 5.75 Å². The lowest BCUT2D eigenvalue weighted by Gasteiger charge is -2.15. The maximum absolute atomic E-state index is 12.2. The minimum Gasteiger partial charge on any atom is -0.507 e. The predicted molar refractivity (Wildman–Crippen MR) is 77.2 cm³/mol. The van der Waals surface area contributed by atoms with E-state index in [0.29, 0.717) is 16.7 Å². The molecule has 0 aliphatic carbocycles. The molecule has 1 aromatic carbocycles. The Bertz CT molecular complexity index is 642. The van der Waals surface area contributed by atoms with Crippen molar-refractivity contribution in [3.63, 3.8) is 0 Å². The van der Waals surface area contributed by atoms with Gasteiger partial charge < -0.3 is 14.5 Å². The number of rotatable bonds is 5. The predicted octanol–water partition coefficient (Wildman–Crippen LogP) is 2.65. The van der Waals surface area contributed by atoms with Gasteiger partial charge in [-0.25, -0.2) is 0 Å². The van der Waals surface area contributed by atoms with Crippen LogP contribution in [-0.2, 0) is 13.0 Å². The molecular weight excluding hydrogens is 294 g/mol. The molecule has 112 valence electrons. The molecule has 0 saturated heterocycles. The van der Waals surface area contributed by atoms with Crippen molar-refractivity contribution in [3.05, 3.63) is 40.5 Å². The van der Waals surface area contributed by atoms with E-state index in [-0.39, 0.29) is 23.8 Å². The van der Waals surface area contributed by atoms with E-state index in [1.807, 2.05) is 6.92 Å². The van der Waals surface area contributed by atoms with E-state index in [0.717, 1.165) is 12.8 Å². The van der Waals surface area contributed by atoms with E-state index in [4.69, 9.17) is 16.1 Å². The van der Waals surface area contributed by atoms with Gasteiger partial charge in [0.25, 0.3) is 5.91 Å². The van der Waals surface area contributed by atoms with Crippen LogP contribution in [0, 0.1) is 0 Å². The van der Waals surface area contributed by atoms with Gasteiger partial charge in [0.05, 0.1) is 12.1 Å². The zero-order valence-corrected chi connectivity index (χ0v) is 12.6. The summed E-state index contributed by atoms with van der Waals surface area (Å²) in [6, 6.07) is 4.36. The van der Waals surface area contributed by atoms with Crippen molar-refractivity contribution >= 4 is 17.5 Å². The summed E-state index contributed by atoms with van der Waals surface area (Å²) < 4.78 is 5.08. The van der Waals surface area contributed by atoms with Crippen LogP contribution in [0.25, 0.3) is 0 Å². The Kier molecular flexibility index (Phi) is 4.80. The van der Waals surface area contributed by atoms with Gasteiger partial charge in [-0.05, 0) is 24.6 Å². The standard InChI is InChI=1S/C14H16ClN3O3/c1-3-4-12-16-13(21-17-12)8-18(2)14(20)10-6-5-9(15)7-11(10)19/h5-7,19H,3-4,8H2,1-2H3. The van der Waals surface area contributed by atoms with E-state index in [1.165, 1.54) is 17.0 Å². The van der Waals surface area contributed by atoms with Crippen molar-refractivity contribution in [1.29, 1.82) is 0 Å². The Morgan fingerprint density at radius 2 is 2.24 bits per heavy atom. The quantitative estimate of drug-likeness (QED) is 0.918. The monoisotopic (exact) mass is 309 g/mol. The Hall–Kier alpha value is -2.08. The summed E-state index contributed by atoms with van der Waals surface area (Å²) in [6.45, 7) is 2.20. The number of hydrogen-bond acceptors (Lipinski definition) is 5. The number of aryl methyl sites for hydroxylation is 1. The average molecular weight is 310 g/mol. The molecule has 2 aromatic rings. The van der Waals surface area contributed by atoms with Crippen molar-refractivity contribution in [1.82, 2.24) is 15.0 Å². The third-order valence-corrected chi connectivity index (χ3v) is 3.13. The maximum atomic E-state index is 12.2. The van der Waals surface area contributed by atoms with Crippen molar-refractivity contribution in [2.75, 3.05) is 7.05 Å². The molecule has 1 heterocycles. The third-order valence-electron chi connectivity index (χ3n) is 2.89. The molecule has 0 unspecified atom stereocenters. The van der Waals surface area contributed by atoms with Crippen molar-refractivity contribution < 1.29 is 14.4 Å². The first-order valence-corrected chi connectivity index (χ1v) is 6.94. The smallest absolute Gasteiger partial charge is 0.257 e. The van der Waals surface area contributed by atoms with Crippen molar-refractivity contribution in [2.45, 2.75) is 26.3 Å². The number of benzene rings is 1. The molecule has 21 heavy (non-hydrogen) atoms. The van der Waals surface area contributed by atoms with Crippen LogP contribution >= 0.6 is 11.6 Å². The van der Waals surface area contributed by atoms with Crippen LogP contribution in [0.15, 0.2) is 22.7 Å². The number of phenolic OH excluding ortho intramolecular Hbond substituents is 1. The topological polar surface area (TPSA) is 79.5 Å². The van der Waals surface area contributed by atoms with Crippen LogP contribution in [-0.4, -0.2) is 33.1 Å². The zero-order valence-electron chi connectivity index (χ0n) is 11.8. The number of aromatic nitrogens is 2. The average Bonchev–Trinajstić information content (AvgIpc) is 2.86. The molecule has 6 nitrogen and oxygen atoms in total. The molecule has 1 aromatic heterocycles. The summed E-state index contributed by atoms with van der Waals surface area (Å²) in [5, 5.41) is 14.0. The summed E-state index contributed by atoms with van der Waals surface area (Å²) >= 11 is 5.75. The molecule has 0 aliphatic rings. The number of amides is 1. The molecule has 0 radical (unpaired) electrons. The molecule has 1 amide bonds. The highest BCUT2D eigenvalue weighted by Crippen LogP contribution is 2.23. The van der Waals surface area contributed by atoms with Crippen LogP contribution in [0.3, 0.4) is 0 Å². The van der Waals surface area contributed by atoms with Crippen molar-refractivity contribution in [3.8, 4) is 5.75 Å². The van der Waals surface area contributed by atoms with Crippen LogP contribution in [0.4, 0.5) is 0 Å². The summed E-state index contributed by atoms with van der Waals surface area (Å²) in [7, 11) is 1.60. The van der Waals surface area contributed by atoms with Gasteiger partial charge in [0.1, 0.15) is 5.75 Å². The first-order valence-electron chi connectivity index (χ1n) is 6.56. The number of aromatic hydroxyl groups is 1. The van der Waals surface area contributed by atoms with Gasteiger partial charge in [0, 0.05) is 18.5 Å². The van der Waals surface area contributed by atoms with Gasteiger partial charge in [0.2, 0.25) is 5.89 Å². The summed E-state index contributed by atoms with van der Waals surface area (Å²) in [5.41, 5.74) is 0.176. The number of hydrogen-bond donors (Lipinski definition) is 1. The van der Waals surface area contributed by atoms with Gasteiger partial charge in [0.15, 0.2) is 5.82 Å². The summed E-state index contributed by atoms with van der Waals surface area (Å²) in [5.74, 6) is 0.487. The van der Waals surface area contributed by atoms with Gasteiger partial charge in [-0.3, -0.25) is 4.79 Å². The first kappa shape index (κ1) is 15.3. The summed E-state index contributed by atoms with van der Waals surface area (Å²) in [4.78, 5) is 17.8. The Labute approximate surface area is 127 Å².